The van der Waals surface area contributed by atoms with Crippen LogP contribution < -0.4 is 5.32 Å². The fourth-order valence-electron chi connectivity index (χ4n) is 3.90. The summed E-state index contributed by atoms with van der Waals surface area (Å²) in [5, 5.41) is 3.00. The lowest BCUT2D eigenvalue weighted by atomic mass is 10.1. The van der Waals surface area contributed by atoms with E-state index < -0.39 is 0 Å². The van der Waals surface area contributed by atoms with E-state index in [0.717, 1.165) is 51.1 Å². The number of nitrogens with zero attached hydrogens (tertiary/aromatic N) is 3. The highest BCUT2D eigenvalue weighted by molar-refractivity contribution is 5.89. The molecule has 3 amide bonds. The molecule has 0 atom stereocenters. The molecule has 0 aromatic heterocycles. The maximum absolute atomic E-state index is 12.5. The summed E-state index contributed by atoms with van der Waals surface area (Å²) in [5.74, 6) is 0.231. The number of hydrogen-bond donors (Lipinski definition) is 1. The van der Waals surface area contributed by atoms with Crippen LogP contribution in [0.5, 0.6) is 0 Å². The van der Waals surface area contributed by atoms with Crippen molar-refractivity contribution in [2.24, 2.45) is 0 Å². The van der Waals surface area contributed by atoms with Gasteiger partial charge in [-0.15, -0.1) is 0 Å². The second-order valence-electron chi connectivity index (χ2n) is 7.94. The normalized spacial score (nSPS) is 17.8. The Morgan fingerprint density at radius 2 is 1.57 bits per heavy atom. The standard InChI is InChI=1S/C22H34N4O2/c1-2-3-4-7-19-8-10-20(11-9-19)23-22(28)26-16-14-24(15-17-26)18-21(27)25-12-5-6-13-25/h8-11H,2-7,12-18H2,1H3,(H,23,28). The van der Waals surface area contributed by atoms with Crippen molar-refractivity contribution < 1.29 is 9.59 Å². The van der Waals surface area contributed by atoms with E-state index in [0.29, 0.717) is 19.6 Å². The minimum atomic E-state index is -0.0516. The Morgan fingerprint density at radius 3 is 2.21 bits per heavy atom. The van der Waals surface area contributed by atoms with Gasteiger partial charge in [0.25, 0.3) is 0 Å². The molecule has 1 aromatic rings. The molecule has 2 fully saturated rings. The van der Waals surface area contributed by atoms with Gasteiger partial charge in [-0.05, 0) is 43.4 Å². The molecule has 1 N–H and O–H groups in total. The van der Waals surface area contributed by atoms with E-state index in [9.17, 15) is 9.59 Å². The Kier molecular flexibility index (Phi) is 7.71. The van der Waals surface area contributed by atoms with Gasteiger partial charge in [0.05, 0.1) is 6.54 Å². The van der Waals surface area contributed by atoms with E-state index >= 15 is 0 Å². The topological polar surface area (TPSA) is 55.9 Å². The second-order valence-corrected chi connectivity index (χ2v) is 7.94. The maximum Gasteiger partial charge on any atom is 0.321 e. The molecule has 3 rings (SSSR count). The number of aryl methyl sites for hydroxylation is 1. The number of unbranched alkanes of at least 4 members (excludes halogenated alkanes) is 2. The molecule has 6 heteroatoms. The Labute approximate surface area is 168 Å². The molecule has 28 heavy (non-hydrogen) atoms. The lowest BCUT2D eigenvalue weighted by Crippen LogP contribution is -2.52. The number of carbonyl (C=O) groups excluding carboxylic acids is 2. The second kappa shape index (κ2) is 10.5. The number of hydrogen-bond acceptors (Lipinski definition) is 3. The Morgan fingerprint density at radius 1 is 0.893 bits per heavy atom. The van der Waals surface area contributed by atoms with Crippen molar-refractivity contribution in [2.45, 2.75) is 45.4 Å². The van der Waals surface area contributed by atoms with Gasteiger partial charge in [-0.3, -0.25) is 9.69 Å². The van der Waals surface area contributed by atoms with Gasteiger partial charge in [-0.25, -0.2) is 4.79 Å². The summed E-state index contributed by atoms with van der Waals surface area (Å²) < 4.78 is 0. The highest BCUT2D eigenvalue weighted by Crippen LogP contribution is 2.14. The van der Waals surface area contributed by atoms with Crippen molar-refractivity contribution >= 4 is 17.6 Å². The molecular weight excluding hydrogens is 352 g/mol. The number of carbonyl (C=O) groups is 2. The lowest BCUT2D eigenvalue weighted by Gasteiger charge is -2.35. The molecule has 2 saturated heterocycles. The van der Waals surface area contributed by atoms with Crippen LogP contribution in [0, 0.1) is 0 Å². The number of nitrogens with one attached hydrogen (secondary N) is 1. The van der Waals surface area contributed by atoms with Crippen molar-refractivity contribution in [3.05, 3.63) is 29.8 Å². The first-order chi connectivity index (χ1) is 13.7. The largest absolute Gasteiger partial charge is 0.342 e. The van der Waals surface area contributed by atoms with Crippen LogP contribution in [0.3, 0.4) is 0 Å². The molecule has 6 nitrogen and oxygen atoms in total. The maximum atomic E-state index is 12.5. The third kappa shape index (κ3) is 5.96. The van der Waals surface area contributed by atoms with Gasteiger partial charge in [-0.1, -0.05) is 31.9 Å². The van der Waals surface area contributed by atoms with Crippen molar-refractivity contribution in [1.82, 2.24) is 14.7 Å². The van der Waals surface area contributed by atoms with Crippen molar-refractivity contribution in [1.29, 1.82) is 0 Å². The predicted octanol–water partition coefficient (Wildman–Crippen LogP) is 3.19. The van der Waals surface area contributed by atoms with Crippen LogP contribution in [0.2, 0.25) is 0 Å². The summed E-state index contributed by atoms with van der Waals surface area (Å²) in [4.78, 5) is 30.8. The third-order valence-corrected chi connectivity index (χ3v) is 5.75. The zero-order valence-corrected chi connectivity index (χ0v) is 17.2. The first kappa shape index (κ1) is 20.6. The van der Waals surface area contributed by atoms with Gasteiger partial charge in [0.2, 0.25) is 5.91 Å². The average Bonchev–Trinajstić information content (AvgIpc) is 3.25. The molecule has 0 spiro atoms. The molecule has 154 valence electrons. The number of amides is 3. The molecule has 1 aromatic carbocycles. The predicted molar refractivity (Wildman–Crippen MR) is 113 cm³/mol. The van der Waals surface area contributed by atoms with E-state index in [1.54, 1.807) is 0 Å². The minimum Gasteiger partial charge on any atom is -0.342 e. The zero-order valence-electron chi connectivity index (χ0n) is 17.2. The first-order valence-corrected chi connectivity index (χ1v) is 10.8. The molecule has 2 aliphatic rings. The molecule has 2 heterocycles. The summed E-state index contributed by atoms with van der Waals surface area (Å²) in [6.45, 7) is 7.32. The molecule has 2 aliphatic heterocycles. The number of piperazine rings is 1. The van der Waals surface area contributed by atoms with Crippen molar-refractivity contribution in [2.75, 3.05) is 51.1 Å². The van der Waals surface area contributed by atoms with Crippen LogP contribution in [0.1, 0.15) is 44.6 Å². The van der Waals surface area contributed by atoms with Gasteiger partial charge >= 0.3 is 6.03 Å². The van der Waals surface area contributed by atoms with E-state index in [2.05, 4.69) is 29.3 Å². The number of urea groups is 1. The van der Waals surface area contributed by atoms with Gasteiger partial charge in [-0.2, -0.15) is 0 Å². The van der Waals surface area contributed by atoms with E-state index in [4.69, 9.17) is 0 Å². The van der Waals surface area contributed by atoms with Gasteiger partial charge in [0.15, 0.2) is 0 Å². The molecule has 0 unspecified atom stereocenters. The van der Waals surface area contributed by atoms with Gasteiger partial charge < -0.3 is 15.1 Å². The molecule has 0 saturated carbocycles. The van der Waals surface area contributed by atoms with E-state index in [1.807, 2.05) is 21.9 Å². The summed E-state index contributed by atoms with van der Waals surface area (Å²) in [5.41, 5.74) is 2.17. The monoisotopic (exact) mass is 386 g/mol. The van der Waals surface area contributed by atoms with Crippen molar-refractivity contribution in [3.8, 4) is 0 Å². The summed E-state index contributed by atoms with van der Waals surface area (Å²) in [6.07, 6.45) is 7.05. The summed E-state index contributed by atoms with van der Waals surface area (Å²) in [6, 6.07) is 8.14. The fraction of sp³-hybridized carbons (Fsp3) is 0.636. The number of likely N-dealkylation sites (tertiary alicyclic amines) is 1. The zero-order chi connectivity index (χ0) is 19.8. The van der Waals surface area contributed by atoms with Crippen LogP contribution in [0.4, 0.5) is 10.5 Å². The number of rotatable bonds is 7. The summed E-state index contributed by atoms with van der Waals surface area (Å²) in [7, 11) is 0. The highest BCUT2D eigenvalue weighted by Gasteiger charge is 2.25. The molecule has 0 bridgehead atoms. The van der Waals surface area contributed by atoms with Gasteiger partial charge in [0.1, 0.15) is 0 Å². The van der Waals surface area contributed by atoms with Crippen LogP contribution in [-0.4, -0.2) is 72.5 Å². The van der Waals surface area contributed by atoms with Crippen LogP contribution in [-0.2, 0) is 11.2 Å². The van der Waals surface area contributed by atoms with E-state index in [-0.39, 0.29) is 11.9 Å². The smallest absolute Gasteiger partial charge is 0.321 e. The average molecular weight is 387 g/mol. The fourth-order valence-corrected chi connectivity index (χ4v) is 3.90. The number of anilines is 1. The lowest BCUT2D eigenvalue weighted by molar-refractivity contribution is -0.131. The Hall–Kier alpha value is -2.08. The molecule has 0 aliphatic carbocycles. The summed E-state index contributed by atoms with van der Waals surface area (Å²) >= 11 is 0. The van der Waals surface area contributed by atoms with Crippen molar-refractivity contribution in [3.63, 3.8) is 0 Å². The SMILES string of the molecule is CCCCCc1ccc(NC(=O)N2CCN(CC(=O)N3CCCC3)CC2)cc1. The van der Waals surface area contributed by atoms with Crippen LogP contribution >= 0.6 is 0 Å². The third-order valence-electron chi connectivity index (χ3n) is 5.75. The first-order valence-electron chi connectivity index (χ1n) is 10.8. The van der Waals surface area contributed by atoms with E-state index in [1.165, 1.54) is 24.8 Å². The Balaban J connectivity index is 1.39. The van der Waals surface area contributed by atoms with Gasteiger partial charge in [0, 0.05) is 45.0 Å². The Bertz CT molecular complexity index is 632. The van der Waals surface area contributed by atoms with Crippen LogP contribution in [0.25, 0.3) is 0 Å². The van der Waals surface area contributed by atoms with Crippen LogP contribution in [0.15, 0.2) is 24.3 Å². The molecule has 0 radical (unpaired) electrons. The number of benzene rings is 1. The minimum absolute atomic E-state index is 0.0516. The highest BCUT2D eigenvalue weighted by atomic mass is 16.2. The quantitative estimate of drug-likeness (QED) is 0.732. The molecular formula is C22H34N4O2.